The molecule has 9 aromatic carbocycles. The molecular formula is C50H31N3O2. The van der Waals surface area contributed by atoms with Crippen molar-refractivity contribution in [2.24, 2.45) is 0 Å². The minimum absolute atomic E-state index is 0.600. The average Bonchev–Trinajstić information content (AvgIpc) is 3.89. The maximum Gasteiger partial charge on any atom is 0.227 e. The quantitative estimate of drug-likeness (QED) is 0.161. The summed E-state index contributed by atoms with van der Waals surface area (Å²) in [6, 6.07) is 65.7. The highest BCUT2D eigenvalue weighted by molar-refractivity contribution is 6.09. The van der Waals surface area contributed by atoms with Gasteiger partial charge in [-0.2, -0.15) is 0 Å². The highest BCUT2D eigenvalue weighted by atomic mass is 16.4. The molecule has 2 heterocycles. The van der Waals surface area contributed by atoms with Crippen molar-refractivity contribution in [2.75, 3.05) is 4.90 Å². The third-order valence-electron chi connectivity index (χ3n) is 10.5. The molecule has 11 rings (SSSR count). The smallest absolute Gasteiger partial charge is 0.227 e. The van der Waals surface area contributed by atoms with Gasteiger partial charge in [0.05, 0.1) is 0 Å². The number of oxazole rings is 2. The molecule has 2 aromatic heterocycles. The number of anilines is 3. The topological polar surface area (TPSA) is 55.3 Å². The number of para-hydroxylation sites is 4. The maximum atomic E-state index is 6.09. The van der Waals surface area contributed by atoms with Crippen LogP contribution in [0, 0.1) is 0 Å². The molecule has 5 nitrogen and oxygen atoms in total. The van der Waals surface area contributed by atoms with Gasteiger partial charge in [-0.1, -0.05) is 91.0 Å². The Hall–Kier alpha value is -7.50. The predicted molar refractivity (Wildman–Crippen MR) is 225 cm³/mol. The predicted octanol–water partition coefficient (Wildman–Crippen LogP) is 13.9. The van der Waals surface area contributed by atoms with Crippen LogP contribution >= 0.6 is 0 Å². The molecule has 11 aromatic rings. The minimum atomic E-state index is 0.600. The van der Waals surface area contributed by atoms with Crippen LogP contribution < -0.4 is 4.90 Å². The van der Waals surface area contributed by atoms with Gasteiger partial charge in [0, 0.05) is 28.2 Å². The average molecular weight is 706 g/mol. The van der Waals surface area contributed by atoms with Crippen molar-refractivity contribution < 1.29 is 8.83 Å². The normalized spacial score (nSPS) is 11.6. The van der Waals surface area contributed by atoms with Gasteiger partial charge < -0.3 is 13.7 Å². The lowest BCUT2D eigenvalue weighted by Crippen LogP contribution is -2.09. The SMILES string of the molecule is c1ccc2cc(-c3ccc4c(ccc5cc(N(c6ccc(-c7nc8ccccc8o7)cc6)c6ccc(-c7nc8ccccc8o7)cc6)ccc54)c3)ccc2c1. The molecule has 0 bridgehead atoms. The maximum absolute atomic E-state index is 6.09. The Morgan fingerprint density at radius 1 is 0.327 bits per heavy atom. The van der Waals surface area contributed by atoms with Crippen LogP contribution in [0.25, 0.3) is 88.6 Å². The molecule has 0 saturated heterocycles. The minimum Gasteiger partial charge on any atom is -0.436 e. The molecule has 0 saturated carbocycles. The Balaban J connectivity index is 0.984. The summed E-state index contributed by atoms with van der Waals surface area (Å²) in [5, 5.41) is 7.32. The number of hydrogen-bond acceptors (Lipinski definition) is 5. The Morgan fingerprint density at radius 3 is 1.36 bits per heavy atom. The lowest BCUT2D eigenvalue weighted by molar-refractivity contribution is 0.619. The van der Waals surface area contributed by atoms with Gasteiger partial charge in [0.25, 0.3) is 0 Å². The number of benzene rings is 9. The molecule has 0 spiro atoms. The van der Waals surface area contributed by atoms with Crippen molar-refractivity contribution in [3.05, 3.63) is 188 Å². The molecular weight excluding hydrogens is 675 g/mol. The summed E-state index contributed by atoms with van der Waals surface area (Å²) in [5.41, 5.74) is 10.6. The standard InChI is InChI=1S/C50H31N3O2/c1-2-8-35-29-36(14-13-32(35)7-1)37-21-27-43-38(30-37)15-16-39-31-42(26-28-44(39)43)53(40-22-17-33(18-23-40)49-51-45-9-3-5-11-47(45)54-49)41-24-19-34(20-25-41)50-52-46-10-4-6-12-48(46)55-50/h1-31H. The summed E-state index contributed by atoms with van der Waals surface area (Å²) in [7, 11) is 0. The second-order valence-electron chi connectivity index (χ2n) is 13.9. The van der Waals surface area contributed by atoms with E-state index >= 15 is 0 Å². The Labute approximate surface area is 316 Å². The molecule has 0 unspecified atom stereocenters. The van der Waals surface area contributed by atoms with Crippen molar-refractivity contribution in [1.82, 2.24) is 9.97 Å². The van der Waals surface area contributed by atoms with E-state index < -0.39 is 0 Å². The van der Waals surface area contributed by atoms with E-state index in [9.17, 15) is 0 Å². The second-order valence-corrected chi connectivity index (χ2v) is 13.9. The van der Waals surface area contributed by atoms with Gasteiger partial charge in [-0.3, -0.25) is 0 Å². The number of hydrogen-bond donors (Lipinski definition) is 0. The summed E-state index contributed by atoms with van der Waals surface area (Å²) < 4.78 is 12.2. The lowest BCUT2D eigenvalue weighted by atomic mass is 9.96. The first-order chi connectivity index (χ1) is 27.2. The number of nitrogens with zero attached hydrogens (tertiary/aromatic N) is 3. The van der Waals surface area contributed by atoms with Crippen LogP contribution in [0.3, 0.4) is 0 Å². The van der Waals surface area contributed by atoms with Crippen molar-refractivity contribution >= 4 is 71.6 Å². The van der Waals surface area contributed by atoms with Crippen molar-refractivity contribution in [2.45, 2.75) is 0 Å². The van der Waals surface area contributed by atoms with E-state index in [0.29, 0.717) is 11.8 Å². The number of rotatable bonds is 6. The second kappa shape index (κ2) is 12.6. The molecule has 0 N–H and O–H groups in total. The van der Waals surface area contributed by atoms with Crippen LogP contribution in [0.2, 0.25) is 0 Å². The highest BCUT2D eigenvalue weighted by Gasteiger charge is 2.17. The summed E-state index contributed by atoms with van der Waals surface area (Å²) in [4.78, 5) is 11.7. The zero-order valence-electron chi connectivity index (χ0n) is 29.6. The summed E-state index contributed by atoms with van der Waals surface area (Å²) >= 11 is 0. The van der Waals surface area contributed by atoms with E-state index in [-0.39, 0.29) is 0 Å². The van der Waals surface area contributed by atoms with E-state index in [0.717, 1.165) is 50.4 Å². The van der Waals surface area contributed by atoms with Crippen LogP contribution in [0.1, 0.15) is 0 Å². The monoisotopic (exact) mass is 705 g/mol. The van der Waals surface area contributed by atoms with Gasteiger partial charge in [-0.05, 0) is 141 Å². The fraction of sp³-hybridized carbons (Fsp3) is 0. The molecule has 55 heavy (non-hydrogen) atoms. The van der Waals surface area contributed by atoms with Crippen molar-refractivity contribution in [3.8, 4) is 34.0 Å². The Morgan fingerprint density at radius 2 is 0.764 bits per heavy atom. The lowest BCUT2D eigenvalue weighted by Gasteiger charge is -2.26. The van der Waals surface area contributed by atoms with E-state index in [4.69, 9.17) is 18.8 Å². The van der Waals surface area contributed by atoms with E-state index in [1.807, 2.05) is 48.5 Å². The molecule has 0 radical (unpaired) electrons. The fourth-order valence-corrected chi connectivity index (χ4v) is 7.69. The van der Waals surface area contributed by atoms with Crippen molar-refractivity contribution in [1.29, 1.82) is 0 Å². The third kappa shape index (κ3) is 5.49. The summed E-state index contributed by atoms with van der Waals surface area (Å²) in [6.45, 7) is 0. The molecule has 0 aliphatic carbocycles. The van der Waals surface area contributed by atoms with Crippen LogP contribution in [0.15, 0.2) is 197 Å². The number of fused-ring (bicyclic) bond motifs is 6. The van der Waals surface area contributed by atoms with Crippen LogP contribution in [0.5, 0.6) is 0 Å². The van der Waals surface area contributed by atoms with E-state index in [1.54, 1.807) is 0 Å². The largest absolute Gasteiger partial charge is 0.436 e. The number of aromatic nitrogens is 2. The van der Waals surface area contributed by atoms with Gasteiger partial charge >= 0.3 is 0 Å². The zero-order valence-corrected chi connectivity index (χ0v) is 29.6. The first kappa shape index (κ1) is 31.1. The Bertz CT molecular complexity index is 3030. The van der Waals surface area contributed by atoms with E-state index in [1.165, 1.54) is 43.4 Å². The van der Waals surface area contributed by atoms with Crippen LogP contribution in [0.4, 0.5) is 17.1 Å². The molecule has 258 valence electrons. The molecule has 0 amide bonds. The van der Waals surface area contributed by atoms with Gasteiger partial charge in [0.15, 0.2) is 11.2 Å². The van der Waals surface area contributed by atoms with Gasteiger partial charge in [-0.25, -0.2) is 9.97 Å². The highest BCUT2D eigenvalue weighted by Crippen LogP contribution is 2.40. The third-order valence-corrected chi connectivity index (χ3v) is 10.5. The van der Waals surface area contributed by atoms with Gasteiger partial charge in [0.1, 0.15) is 11.0 Å². The summed E-state index contributed by atoms with van der Waals surface area (Å²) in [6.07, 6.45) is 0. The van der Waals surface area contributed by atoms with E-state index in [2.05, 4.69) is 144 Å². The molecule has 0 aliphatic heterocycles. The summed E-state index contributed by atoms with van der Waals surface area (Å²) in [5.74, 6) is 1.20. The van der Waals surface area contributed by atoms with Crippen molar-refractivity contribution in [3.63, 3.8) is 0 Å². The zero-order chi connectivity index (χ0) is 36.3. The first-order valence-electron chi connectivity index (χ1n) is 18.4. The first-order valence-corrected chi connectivity index (χ1v) is 18.4. The molecule has 0 atom stereocenters. The molecule has 0 aliphatic rings. The van der Waals surface area contributed by atoms with Gasteiger partial charge in [-0.15, -0.1) is 0 Å². The van der Waals surface area contributed by atoms with Crippen LogP contribution in [-0.4, -0.2) is 9.97 Å². The van der Waals surface area contributed by atoms with Gasteiger partial charge in [0.2, 0.25) is 11.8 Å². The molecule has 0 fully saturated rings. The van der Waals surface area contributed by atoms with Crippen LogP contribution in [-0.2, 0) is 0 Å². The molecule has 5 heteroatoms. The fourth-order valence-electron chi connectivity index (χ4n) is 7.69. The Kier molecular flexibility index (Phi) is 7.10.